The Balaban J connectivity index is 1.09. The van der Waals surface area contributed by atoms with Gasteiger partial charge in [0.1, 0.15) is 28.6 Å². The molecule has 6 aromatic rings. The maximum absolute atomic E-state index is 5.90. The van der Waals surface area contributed by atoms with Gasteiger partial charge in [-0.2, -0.15) is 15.0 Å². The third-order valence-corrected chi connectivity index (χ3v) is 10.6. The van der Waals surface area contributed by atoms with Gasteiger partial charge in [0.2, 0.25) is 29.7 Å². The minimum atomic E-state index is -0.515. The SMILES string of the molecule is COCC(Nc1ncc(-c2nc(N3CCOCC3)nc3c2ncn3C(C)C2CC2)c(C)n1)n1cnc2c(-c3cnc(N)nc3OC)nc(N3CCOCC3)nc21. The van der Waals surface area contributed by atoms with Gasteiger partial charge in [0.25, 0.3) is 0 Å². The van der Waals surface area contributed by atoms with Gasteiger partial charge in [-0.15, -0.1) is 0 Å². The van der Waals surface area contributed by atoms with Crippen molar-refractivity contribution < 1.29 is 18.9 Å². The van der Waals surface area contributed by atoms with Crippen molar-refractivity contribution in [2.75, 3.05) is 94.3 Å². The van der Waals surface area contributed by atoms with Crippen LogP contribution in [0.1, 0.15) is 37.7 Å². The first-order valence-electron chi connectivity index (χ1n) is 18.8. The van der Waals surface area contributed by atoms with Crippen LogP contribution >= 0.6 is 0 Å². The molecule has 20 heteroatoms. The van der Waals surface area contributed by atoms with E-state index >= 15 is 0 Å². The Bertz CT molecular complexity index is 2370. The first kappa shape index (κ1) is 35.8. The van der Waals surface area contributed by atoms with Crippen molar-refractivity contribution in [3.8, 4) is 28.4 Å². The molecule has 0 radical (unpaired) electrons. The number of methoxy groups -OCH3 is 2. The Kier molecular flexibility index (Phi) is 9.59. The number of morpholine rings is 2. The Morgan fingerprint density at radius 2 is 1.36 bits per heavy atom. The van der Waals surface area contributed by atoms with Crippen LogP contribution < -0.4 is 25.6 Å². The van der Waals surface area contributed by atoms with E-state index in [1.807, 2.05) is 17.8 Å². The van der Waals surface area contributed by atoms with E-state index in [1.54, 1.807) is 25.8 Å². The molecule has 3 aliphatic rings. The number of hydrogen-bond acceptors (Lipinski definition) is 18. The van der Waals surface area contributed by atoms with Crippen LogP contribution in [0, 0.1) is 12.8 Å². The molecule has 2 unspecified atom stereocenters. The molecule has 2 aliphatic heterocycles. The summed E-state index contributed by atoms with van der Waals surface area (Å²) in [6.45, 7) is 9.45. The summed E-state index contributed by atoms with van der Waals surface area (Å²) in [5.41, 5.74) is 11.7. The van der Waals surface area contributed by atoms with Crippen LogP contribution in [0.2, 0.25) is 0 Å². The van der Waals surface area contributed by atoms with E-state index in [4.69, 9.17) is 64.6 Å². The number of anilines is 4. The lowest BCUT2D eigenvalue weighted by molar-refractivity contribution is 0.122. The molecule has 0 spiro atoms. The summed E-state index contributed by atoms with van der Waals surface area (Å²) >= 11 is 0. The van der Waals surface area contributed by atoms with E-state index in [0.29, 0.717) is 104 Å². The van der Waals surface area contributed by atoms with Crippen molar-refractivity contribution in [3.05, 3.63) is 30.7 Å². The maximum atomic E-state index is 5.90. The predicted octanol–water partition coefficient (Wildman–Crippen LogP) is 2.68. The van der Waals surface area contributed by atoms with Crippen molar-refractivity contribution in [2.24, 2.45) is 5.92 Å². The zero-order valence-electron chi connectivity index (χ0n) is 31.8. The predicted molar refractivity (Wildman–Crippen MR) is 206 cm³/mol. The van der Waals surface area contributed by atoms with Gasteiger partial charge in [0, 0.05) is 57.3 Å². The molecule has 292 valence electrons. The molecule has 1 aliphatic carbocycles. The van der Waals surface area contributed by atoms with Gasteiger partial charge in [-0.25, -0.2) is 34.9 Å². The molecule has 0 bridgehead atoms. The Hall–Kier alpha value is -5.86. The summed E-state index contributed by atoms with van der Waals surface area (Å²) in [5.74, 6) is 2.52. The van der Waals surface area contributed by atoms with E-state index in [9.17, 15) is 0 Å². The van der Waals surface area contributed by atoms with E-state index in [0.717, 1.165) is 22.4 Å². The lowest BCUT2D eigenvalue weighted by atomic mass is 10.1. The number of hydrogen-bond donors (Lipinski definition) is 2. The molecule has 8 heterocycles. The fourth-order valence-corrected chi connectivity index (χ4v) is 7.29. The number of nitrogens with one attached hydrogen (secondary N) is 1. The topological polar surface area (TPSA) is 220 Å². The average molecular weight is 765 g/mol. The highest BCUT2D eigenvalue weighted by Gasteiger charge is 2.32. The van der Waals surface area contributed by atoms with Crippen molar-refractivity contribution in [2.45, 2.75) is 38.9 Å². The fourth-order valence-electron chi connectivity index (χ4n) is 7.29. The number of aryl methyl sites for hydroxylation is 1. The van der Waals surface area contributed by atoms with Gasteiger partial charge in [-0.05, 0) is 32.6 Å². The fraction of sp³-hybridized carbons (Fsp3) is 0.500. The molecular weight excluding hydrogens is 721 g/mol. The van der Waals surface area contributed by atoms with Gasteiger partial charge in [-0.3, -0.25) is 4.57 Å². The second-order valence-electron chi connectivity index (χ2n) is 14.1. The van der Waals surface area contributed by atoms with E-state index in [2.05, 4.69) is 36.6 Å². The number of rotatable bonds is 12. The summed E-state index contributed by atoms with van der Waals surface area (Å²) in [7, 11) is 3.16. The van der Waals surface area contributed by atoms with Gasteiger partial charge in [-0.1, -0.05) is 0 Å². The summed E-state index contributed by atoms with van der Waals surface area (Å²) in [5, 5.41) is 3.46. The summed E-state index contributed by atoms with van der Waals surface area (Å²) < 4.78 is 26.6. The molecule has 20 nitrogen and oxygen atoms in total. The number of ether oxygens (including phenoxy) is 4. The highest BCUT2D eigenvalue weighted by Crippen LogP contribution is 2.41. The van der Waals surface area contributed by atoms with E-state index in [-0.39, 0.29) is 24.5 Å². The summed E-state index contributed by atoms with van der Waals surface area (Å²) in [6.07, 6.45) is 8.87. The van der Waals surface area contributed by atoms with E-state index in [1.165, 1.54) is 20.0 Å². The molecule has 2 atom stereocenters. The molecular formula is C36H44N16O4. The lowest BCUT2D eigenvalue weighted by Gasteiger charge is -2.27. The number of fused-ring (bicyclic) bond motifs is 2. The lowest BCUT2D eigenvalue weighted by Crippen LogP contribution is -2.37. The molecule has 9 rings (SSSR count). The minimum absolute atomic E-state index is 0.0833. The van der Waals surface area contributed by atoms with Gasteiger partial charge >= 0.3 is 0 Å². The van der Waals surface area contributed by atoms with Gasteiger partial charge < -0.3 is 44.4 Å². The largest absolute Gasteiger partial charge is 0.480 e. The highest BCUT2D eigenvalue weighted by atomic mass is 16.5. The molecule has 3 fully saturated rings. The van der Waals surface area contributed by atoms with Crippen molar-refractivity contribution >= 4 is 46.1 Å². The standard InChI is InChI=1S/C36H44N16O4/c1-20-23(26-28-30(51(18-40-28)21(2)22-5-6-22)46-35(44-26)49-7-11-55-12-8-49)15-39-34(42-20)43-25(17-53-3)52-19-41-29-27(24-16-38-33(37)48-32(24)54-4)45-36(47-31(29)52)50-9-13-56-14-10-50/h15-16,18-19,21-22,25H,5-14,17H2,1-4H3,(H2,37,38,48)(H,39,42,43). The number of aromatic nitrogens is 12. The van der Waals surface area contributed by atoms with Crippen LogP contribution in [0.5, 0.6) is 5.88 Å². The van der Waals surface area contributed by atoms with Crippen LogP contribution in [0.4, 0.5) is 23.8 Å². The monoisotopic (exact) mass is 764 g/mol. The quantitative estimate of drug-likeness (QED) is 0.183. The second-order valence-corrected chi connectivity index (χ2v) is 14.1. The van der Waals surface area contributed by atoms with Crippen LogP contribution in [-0.4, -0.2) is 132 Å². The molecule has 0 aromatic carbocycles. The normalized spacial score (nSPS) is 17.4. The van der Waals surface area contributed by atoms with Gasteiger partial charge in [0.15, 0.2) is 11.3 Å². The van der Waals surface area contributed by atoms with Crippen molar-refractivity contribution in [1.29, 1.82) is 0 Å². The Morgan fingerprint density at radius 3 is 1.95 bits per heavy atom. The van der Waals surface area contributed by atoms with Crippen LogP contribution in [0.15, 0.2) is 25.0 Å². The smallest absolute Gasteiger partial charge is 0.228 e. The molecule has 1 saturated carbocycles. The second kappa shape index (κ2) is 15.0. The highest BCUT2D eigenvalue weighted by molar-refractivity contribution is 5.91. The van der Waals surface area contributed by atoms with Crippen LogP contribution in [0.25, 0.3) is 44.8 Å². The Morgan fingerprint density at radius 1 is 0.768 bits per heavy atom. The molecule has 0 amide bonds. The minimum Gasteiger partial charge on any atom is -0.480 e. The molecule has 6 aromatic heterocycles. The van der Waals surface area contributed by atoms with Crippen LogP contribution in [0.3, 0.4) is 0 Å². The average Bonchev–Trinajstić information content (AvgIpc) is 3.86. The molecule has 2 saturated heterocycles. The number of imidazole rings is 2. The molecule has 56 heavy (non-hydrogen) atoms. The first-order valence-corrected chi connectivity index (χ1v) is 18.8. The maximum Gasteiger partial charge on any atom is 0.228 e. The van der Waals surface area contributed by atoms with E-state index < -0.39 is 6.17 Å². The Labute approximate surface area is 321 Å². The number of nitrogens with zero attached hydrogens (tertiary/aromatic N) is 14. The zero-order chi connectivity index (χ0) is 38.3. The van der Waals surface area contributed by atoms with Gasteiger partial charge in [0.05, 0.1) is 64.1 Å². The number of nitrogen functional groups attached to an aromatic ring is 1. The summed E-state index contributed by atoms with van der Waals surface area (Å²) in [6, 6.07) is 0.286. The molecule has 3 N–H and O–H groups in total. The van der Waals surface area contributed by atoms with Crippen molar-refractivity contribution in [1.82, 2.24) is 59.0 Å². The third kappa shape index (κ3) is 6.72. The van der Waals surface area contributed by atoms with Crippen molar-refractivity contribution in [3.63, 3.8) is 0 Å². The third-order valence-electron chi connectivity index (χ3n) is 10.6. The number of nitrogens with two attached hydrogens (primary N) is 1. The zero-order valence-corrected chi connectivity index (χ0v) is 31.8. The first-order chi connectivity index (χ1) is 27.4. The van der Waals surface area contributed by atoms with Crippen LogP contribution in [-0.2, 0) is 14.2 Å². The summed E-state index contributed by atoms with van der Waals surface area (Å²) in [4.78, 5) is 52.2.